The number of likely N-dealkylation sites (N-methyl/N-ethyl adjacent to an activating group) is 1. The molecule has 4 nitrogen and oxygen atoms in total. The molecule has 4 aromatic rings. The van der Waals surface area contributed by atoms with Gasteiger partial charge in [-0.15, -0.1) is 11.3 Å². The van der Waals surface area contributed by atoms with E-state index in [9.17, 15) is 4.79 Å². The molecular formula is C25H23N3OS. The van der Waals surface area contributed by atoms with Crippen molar-refractivity contribution in [1.29, 1.82) is 0 Å². The van der Waals surface area contributed by atoms with E-state index < -0.39 is 0 Å². The van der Waals surface area contributed by atoms with E-state index in [1.54, 1.807) is 11.3 Å². The highest BCUT2D eigenvalue weighted by atomic mass is 32.1. The number of rotatable bonds is 2. The van der Waals surface area contributed by atoms with Crippen molar-refractivity contribution in [2.45, 2.75) is 26.1 Å². The number of benzene rings is 3. The normalized spacial score (nSPS) is 18.7. The van der Waals surface area contributed by atoms with Crippen molar-refractivity contribution in [3.05, 3.63) is 76.2 Å². The van der Waals surface area contributed by atoms with Crippen LogP contribution in [0.5, 0.6) is 0 Å². The van der Waals surface area contributed by atoms with Gasteiger partial charge in [0.15, 0.2) is 0 Å². The Bertz CT molecular complexity index is 1250. The molecule has 1 unspecified atom stereocenters. The maximum atomic E-state index is 13.3. The standard InChI is InChI=1S/C25H23N3OS/c1-2-28-12-11-19-20(14-28)30-25-22(19)24(29)26-23(27-25)21-17-9-5-3-7-15(17)13-16-8-4-6-10-18(16)21/h3-10,13,23,27H,2,11-12,14H2,1H3,(H,26,29). The van der Waals surface area contributed by atoms with Crippen LogP contribution in [0.25, 0.3) is 21.5 Å². The molecule has 2 N–H and O–H groups in total. The van der Waals surface area contributed by atoms with E-state index in [1.807, 2.05) is 0 Å². The van der Waals surface area contributed by atoms with Gasteiger partial charge >= 0.3 is 0 Å². The van der Waals surface area contributed by atoms with Crippen LogP contribution in [-0.4, -0.2) is 23.9 Å². The predicted octanol–water partition coefficient (Wildman–Crippen LogP) is 5.29. The Labute approximate surface area is 179 Å². The zero-order valence-electron chi connectivity index (χ0n) is 16.9. The van der Waals surface area contributed by atoms with Crippen LogP contribution in [0, 0.1) is 0 Å². The van der Waals surface area contributed by atoms with Gasteiger partial charge in [0, 0.05) is 23.5 Å². The first kappa shape index (κ1) is 17.9. The molecule has 0 saturated carbocycles. The first-order chi connectivity index (χ1) is 14.7. The van der Waals surface area contributed by atoms with Gasteiger partial charge in [0.1, 0.15) is 11.2 Å². The van der Waals surface area contributed by atoms with Crippen molar-refractivity contribution in [1.82, 2.24) is 10.2 Å². The molecular weight excluding hydrogens is 390 g/mol. The van der Waals surface area contributed by atoms with Gasteiger partial charge in [-0.05, 0) is 46.1 Å². The van der Waals surface area contributed by atoms with Gasteiger partial charge in [-0.2, -0.15) is 0 Å². The molecule has 0 radical (unpaired) electrons. The third-order valence-electron chi connectivity index (χ3n) is 6.46. The summed E-state index contributed by atoms with van der Waals surface area (Å²) in [7, 11) is 0. The molecule has 2 aliphatic heterocycles. The van der Waals surface area contributed by atoms with Crippen LogP contribution < -0.4 is 10.6 Å². The Hall–Kier alpha value is -2.89. The number of thiophene rings is 1. The van der Waals surface area contributed by atoms with E-state index in [1.165, 1.54) is 32.0 Å². The molecule has 0 saturated heterocycles. The van der Waals surface area contributed by atoms with Crippen molar-refractivity contribution in [3.8, 4) is 0 Å². The van der Waals surface area contributed by atoms with E-state index >= 15 is 0 Å². The monoisotopic (exact) mass is 413 g/mol. The molecule has 6 rings (SSSR count). The molecule has 1 aromatic heterocycles. The van der Waals surface area contributed by atoms with E-state index in [0.29, 0.717) is 0 Å². The number of fused-ring (bicyclic) bond motifs is 5. The Balaban J connectivity index is 1.50. The van der Waals surface area contributed by atoms with Crippen molar-refractivity contribution >= 4 is 43.8 Å². The quantitative estimate of drug-likeness (QED) is 0.439. The van der Waals surface area contributed by atoms with Gasteiger partial charge in [-0.1, -0.05) is 55.5 Å². The second-order valence-corrected chi connectivity index (χ2v) is 9.22. The first-order valence-corrected chi connectivity index (χ1v) is 11.4. The number of carbonyl (C=O) groups excluding carboxylic acids is 1. The fourth-order valence-electron chi connectivity index (χ4n) is 4.94. The number of nitrogens with zero attached hydrogens (tertiary/aromatic N) is 1. The van der Waals surface area contributed by atoms with Crippen LogP contribution in [0.4, 0.5) is 5.00 Å². The number of amides is 1. The van der Waals surface area contributed by atoms with Crippen LogP contribution >= 0.6 is 11.3 Å². The van der Waals surface area contributed by atoms with Crippen LogP contribution in [0.15, 0.2) is 54.6 Å². The molecule has 5 heteroatoms. The van der Waals surface area contributed by atoms with Crippen LogP contribution in [0.3, 0.4) is 0 Å². The van der Waals surface area contributed by atoms with E-state index in [0.717, 1.165) is 42.2 Å². The third-order valence-corrected chi connectivity index (χ3v) is 7.61. The Kier molecular flexibility index (Phi) is 4.08. The fraction of sp³-hybridized carbons (Fsp3) is 0.240. The summed E-state index contributed by atoms with van der Waals surface area (Å²) in [5.74, 6) is 0.0493. The lowest BCUT2D eigenvalue weighted by molar-refractivity contribution is 0.0935. The summed E-state index contributed by atoms with van der Waals surface area (Å²) < 4.78 is 0. The molecule has 3 aromatic carbocycles. The second-order valence-electron chi connectivity index (χ2n) is 8.11. The summed E-state index contributed by atoms with van der Waals surface area (Å²) in [4.78, 5) is 17.0. The summed E-state index contributed by atoms with van der Waals surface area (Å²) in [6.45, 7) is 5.22. The van der Waals surface area contributed by atoms with E-state index in [2.05, 4.69) is 77.1 Å². The maximum absolute atomic E-state index is 13.3. The SMILES string of the molecule is CCN1CCc2c(sc3c2C(=O)NC(c2c4ccccc4cc4ccccc24)N3)C1. The second kappa shape index (κ2) is 6.83. The summed E-state index contributed by atoms with van der Waals surface area (Å²) >= 11 is 1.76. The van der Waals surface area contributed by atoms with Crippen LogP contribution in [-0.2, 0) is 13.0 Å². The molecule has 150 valence electrons. The molecule has 2 aliphatic rings. The van der Waals surface area contributed by atoms with Gasteiger partial charge in [0.25, 0.3) is 5.91 Å². The number of carbonyl (C=O) groups is 1. The topological polar surface area (TPSA) is 44.4 Å². The van der Waals surface area contributed by atoms with Crippen molar-refractivity contribution < 1.29 is 4.79 Å². The van der Waals surface area contributed by atoms with Crippen molar-refractivity contribution in [2.75, 3.05) is 18.4 Å². The lowest BCUT2D eigenvalue weighted by Gasteiger charge is -2.29. The van der Waals surface area contributed by atoms with Gasteiger partial charge in [-0.25, -0.2) is 0 Å². The highest BCUT2D eigenvalue weighted by molar-refractivity contribution is 7.16. The fourth-order valence-corrected chi connectivity index (χ4v) is 6.26. The molecule has 0 fully saturated rings. The minimum Gasteiger partial charge on any atom is -0.353 e. The number of hydrogen-bond donors (Lipinski definition) is 2. The predicted molar refractivity (Wildman–Crippen MR) is 124 cm³/mol. The summed E-state index contributed by atoms with van der Waals surface area (Å²) in [6.07, 6.45) is 0.703. The van der Waals surface area contributed by atoms with Crippen LogP contribution in [0.1, 0.15) is 39.5 Å². The van der Waals surface area contributed by atoms with Gasteiger partial charge in [-0.3, -0.25) is 9.69 Å². The summed E-state index contributed by atoms with van der Waals surface area (Å²) in [5.41, 5.74) is 3.25. The zero-order valence-corrected chi connectivity index (χ0v) is 17.7. The average Bonchev–Trinajstić information content (AvgIpc) is 3.15. The molecule has 1 amide bonds. The Morgan fingerprint density at radius 1 is 1.03 bits per heavy atom. The maximum Gasteiger partial charge on any atom is 0.256 e. The molecule has 0 bridgehead atoms. The van der Waals surface area contributed by atoms with E-state index in [4.69, 9.17) is 0 Å². The molecule has 30 heavy (non-hydrogen) atoms. The number of hydrogen-bond acceptors (Lipinski definition) is 4. The van der Waals surface area contributed by atoms with Crippen molar-refractivity contribution in [2.24, 2.45) is 0 Å². The Morgan fingerprint density at radius 2 is 1.73 bits per heavy atom. The van der Waals surface area contributed by atoms with Crippen molar-refractivity contribution in [3.63, 3.8) is 0 Å². The zero-order chi connectivity index (χ0) is 20.2. The van der Waals surface area contributed by atoms with Gasteiger partial charge < -0.3 is 10.6 Å². The molecule has 1 atom stereocenters. The molecule has 0 aliphatic carbocycles. The lowest BCUT2D eigenvalue weighted by atomic mass is 9.93. The molecule has 0 spiro atoms. The van der Waals surface area contributed by atoms with E-state index in [-0.39, 0.29) is 12.1 Å². The number of nitrogens with one attached hydrogen (secondary N) is 2. The summed E-state index contributed by atoms with van der Waals surface area (Å²) in [5, 5.41) is 12.7. The number of anilines is 1. The minimum atomic E-state index is -0.247. The Morgan fingerprint density at radius 3 is 2.43 bits per heavy atom. The lowest BCUT2D eigenvalue weighted by Crippen LogP contribution is -2.39. The highest BCUT2D eigenvalue weighted by Gasteiger charge is 2.34. The van der Waals surface area contributed by atoms with Gasteiger partial charge in [0.05, 0.1) is 5.56 Å². The largest absolute Gasteiger partial charge is 0.353 e. The third kappa shape index (κ3) is 2.66. The van der Waals surface area contributed by atoms with Gasteiger partial charge in [0.2, 0.25) is 0 Å². The smallest absolute Gasteiger partial charge is 0.256 e. The highest BCUT2D eigenvalue weighted by Crippen LogP contribution is 2.42. The average molecular weight is 414 g/mol. The minimum absolute atomic E-state index is 0.0493. The summed E-state index contributed by atoms with van der Waals surface area (Å²) in [6, 6.07) is 19.1. The molecule has 3 heterocycles. The first-order valence-electron chi connectivity index (χ1n) is 10.6. The van der Waals surface area contributed by atoms with Crippen LogP contribution in [0.2, 0.25) is 0 Å².